The van der Waals surface area contributed by atoms with Crippen LogP contribution < -0.4 is 5.73 Å². The molecule has 2 rings (SSSR count). The Morgan fingerprint density at radius 1 is 1.44 bits per heavy atom. The van der Waals surface area contributed by atoms with Gasteiger partial charge in [0.05, 0.1) is 12.0 Å². The lowest BCUT2D eigenvalue weighted by molar-refractivity contribution is 0.285. The van der Waals surface area contributed by atoms with Crippen molar-refractivity contribution in [2.75, 3.05) is 6.54 Å². The van der Waals surface area contributed by atoms with Crippen molar-refractivity contribution in [3.63, 3.8) is 0 Å². The van der Waals surface area contributed by atoms with Crippen molar-refractivity contribution in [1.82, 2.24) is 9.55 Å². The minimum absolute atomic E-state index is 0.0713. The van der Waals surface area contributed by atoms with Crippen molar-refractivity contribution in [1.29, 1.82) is 0 Å². The number of imidazole rings is 1. The number of halogens is 1. The fourth-order valence-electron chi connectivity index (χ4n) is 2.89. The number of aryl methyl sites for hydroxylation is 1. The molecular weight excluding hydrogens is 222 g/mol. The lowest BCUT2D eigenvalue weighted by Crippen LogP contribution is -2.39. The third-order valence-corrected chi connectivity index (χ3v) is 4.11. The Morgan fingerprint density at radius 3 is 2.69 bits per heavy atom. The predicted octanol–water partition coefficient (Wildman–Crippen LogP) is 2.72. The van der Waals surface area contributed by atoms with Gasteiger partial charge in [0.25, 0.3) is 0 Å². The van der Waals surface area contributed by atoms with Gasteiger partial charge in [-0.25, -0.2) is 4.98 Å². The van der Waals surface area contributed by atoms with E-state index in [0.29, 0.717) is 11.7 Å². The molecule has 1 saturated carbocycles. The van der Waals surface area contributed by atoms with Gasteiger partial charge in [-0.2, -0.15) is 0 Å². The quantitative estimate of drug-likeness (QED) is 0.885. The minimum atomic E-state index is 0.0713. The van der Waals surface area contributed by atoms with Crippen LogP contribution in [0.2, 0.25) is 5.15 Å². The summed E-state index contributed by atoms with van der Waals surface area (Å²) in [5.74, 6) is 0. The van der Waals surface area contributed by atoms with Crippen LogP contribution in [0, 0.1) is 0 Å². The molecule has 0 aliphatic heterocycles. The highest BCUT2D eigenvalue weighted by Crippen LogP contribution is 2.41. The SMILES string of the molecule is CCn1cnc(Cl)c1C1(CN)CCCCC1. The molecule has 3 nitrogen and oxygen atoms in total. The fourth-order valence-corrected chi connectivity index (χ4v) is 3.24. The van der Waals surface area contributed by atoms with Crippen LogP contribution in [0.1, 0.15) is 44.7 Å². The Balaban J connectivity index is 2.41. The first-order chi connectivity index (χ1) is 7.73. The molecule has 1 aromatic heterocycles. The summed E-state index contributed by atoms with van der Waals surface area (Å²) in [6, 6.07) is 0. The van der Waals surface area contributed by atoms with Crippen molar-refractivity contribution in [2.24, 2.45) is 5.73 Å². The van der Waals surface area contributed by atoms with E-state index in [-0.39, 0.29) is 5.41 Å². The molecule has 0 unspecified atom stereocenters. The van der Waals surface area contributed by atoms with E-state index < -0.39 is 0 Å². The molecule has 0 aromatic carbocycles. The maximum atomic E-state index is 6.24. The largest absolute Gasteiger partial charge is 0.333 e. The van der Waals surface area contributed by atoms with Gasteiger partial charge in [-0.05, 0) is 19.8 Å². The summed E-state index contributed by atoms with van der Waals surface area (Å²) >= 11 is 6.24. The molecule has 1 heterocycles. The number of nitrogens with two attached hydrogens (primary N) is 1. The lowest BCUT2D eigenvalue weighted by atomic mass is 9.72. The molecule has 1 aliphatic rings. The molecule has 2 N–H and O–H groups in total. The van der Waals surface area contributed by atoms with Crippen LogP contribution in [0.25, 0.3) is 0 Å². The Bertz CT molecular complexity index is 353. The van der Waals surface area contributed by atoms with Gasteiger partial charge >= 0.3 is 0 Å². The molecule has 0 bridgehead atoms. The zero-order valence-corrected chi connectivity index (χ0v) is 10.6. The third-order valence-electron chi connectivity index (χ3n) is 3.84. The Hall–Kier alpha value is -0.540. The summed E-state index contributed by atoms with van der Waals surface area (Å²) in [7, 11) is 0. The highest BCUT2D eigenvalue weighted by Gasteiger charge is 2.37. The number of hydrogen-bond acceptors (Lipinski definition) is 2. The smallest absolute Gasteiger partial charge is 0.150 e. The van der Waals surface area contributed by atoms with Crippen molar-refractivity contribution in [3.05, 3.63) is 17.2 Å². The highest BCUT2D eigenvalue weighted by atomic mass is 35.5. The zero-order valence-electron chi connectivity index (χ0n) is 9.88. The molecule has 0 radical (unpaired) electrons. The molecule has 0 spiro atoms. The average molecular weight is 242 g/mol. The van der Waals surface area contributed by atoms with Crippen LogP contribution in [-0.2, 0) is 12.0 Å². The molecule has 1 aromatic rings. The zero-order chi connectivity index (χ0) is 11.6. The van der Waals surface area contributed by atoms with Gasteiger partial charge in [-0.15, -0.1) is 0 Å². The molecule has 90 valence electrons. The van der Waals surface area contributed by atoms with Crippen LogP contribution >= 0.6 is 11.6 Å². The molecule has 0 atom stereocenters. The molecular formula is C12H20ClN3. The normalized spacial score (nSPS) is 19.9. The summed E-state index contributed by atoms with van der Waals surface area (Å²) in [6.07, 6.45) is 7.96. The van der Waals surface area contributed by atoms with E-state index in [1.807, 2.05) is 6.33 Å². The van der Waals surface area contributed by atoms with Gasteiger partial charge in [0.2, 0.25) is 0 Å². The van der Waals surface area contributed by atoms with E-state index in [4.69, 9.17) is 17.3 Å². The van der Waals surface area contributed by atoms with Gasteiger partial charge < -0.3 is 10.3 Å². The number of nitrogens with zero attached hydrogens (tertiary/aromatic N) is 2. The minimum Gasteiger partial charge on any atom is -0.333 e. The van der Waals surface area contributed by atoms with Crippen LogP contribution in [0.15, 0.2) is 6.33 Å². The number of aromatic nitrogens is 2. The van der Waals surface area contributed by atoms with Crippen molar-refractivity contribution in [2.45, 2.75) is 51.0 Å². The topological polar surface area (TPSA) is 43.8 Å². The van der Waals surface area contributed by atoms with E-state index in [1.165, 1.54) is 25.0 Å². The second-order valence-corrected chi connectivity index (χ2v) is 5.07. The second-order valence-electron chi connectivity index (χ2n) is 4.72. The monoisotopic (exact) mass is 241 g/mol. The number of rotatable bonds is 3. The second kappa shape index (κ2) is 4.76. The molecule has 4 heteroatoms. The Morgan fingerprint density at radius 2 is 2.12 bits per heavy atom. The summed E-state index contributed by atoms with van der Waals surface area (Å²) < 4.78 is 2.15. The summed E-state index contributed by atoms with van der Waals surface area (Å²) in [6.45, 7) is 3.71. The fraction of sp³-hybridized carbons (Fsp3) is 0.750. The maximum Gasteiger partial charge on any atom is 0.150 e. The molecule has 0 saturated heterocycles. The van der Waals surface area contributed by atoms with Gasteiger partial charge in [-0.1, -0.05) is 30.9 Å². The van der Waals surface area contributed by atoms with Gasteiger partial charge in [0, 0.05) is 18.5 Å². The molecule has 16 heavy (non-hydrogen) atoms. The van der Waals surface area contributed by atoms with E-state index in [0.717, 1.165) is 19.4 Å². The first-order valence-corrected chi connectivity index (χ1v) is 6.52. The van der Waals surface area contributed by atoms with Gasteiger partial charge in [0.1, 0.15) is 0 Å². The molecule has 1 fully saturated rings. The molecule has 1 aliphatic carbocycles. The summed E-state index contributed by atoms with van der Waals surface area (Å²) in [5, 5.41) is 0.647. The standard InChI is InChI=1S/C12H20ClN3/c1-2-16-9-15-11(13)10(16)12(8-14)6-4-3-5-7-12/h9H,2-8,14H2,1H3. The Kier molecular flexibility index (Phi) is 3.55. The lowest BCUT2D eigenvalue weighted by Gasteiger charge is -2.37. The van der Waals surface area contributed by atoms with Crippen molar-refractivity contribution < 1.29 is 0 Å². The van der Waals surface area contributed by atoms with Gasteiger partial charge in [0.15, 0.2) is 5.15 Å². The van der Waals surface area contributed by atoms with E-state index >= 15 is 0 Å². The first-order valence-electron chi connectivity index (χ1n) is 6.14. The van der Waals surface area contributed by atoms with E-state index in [1.54, 1.807) is 0 Å². The first kappa shape index (κ1) is 11.9. The maximum absolute atomic E-state index is 6.24. The number of hydrogen-bond donors (Lipinski definition) is 1. The van der Waals surface area contributed by atoms with E-state index in [9.17, 15) is 0 Å². The van der Waals surface area contributed by atoms with Crippen LogP contribution in [0.4, 0.5) is 0 Å². The van der Waals surface area contributed by atoms with Crippen LogP contribution in [0.5, 0.6) is 0 Å². The average Bonchev–Trinajstić information content (AvgIpc) is 2.72. The van der Waals surface area contributed by atoms with Crippen molar-refractivity contribution in [3.8, 4) is 0 Å². The van der Waals surface area contributed by atoms with Crippen LogP contribution in [0.3, 0.4) is 0 Å². The molecule has 0 amide bonds. The summed E-state index contributed by atoms with van der Waals surface area (Å²) in [4.78, 5) is 4.23. The Labute approximate surface area is 102 Å². The summed E-state index contributed by atoms with van der Waals surface area (Å²) in [5.41, 5.74) is 7.26. The predicted molar refractivity (Wildman–Crippen MR) is 66.7 cm³/mol. The highest BCUT2D eigenvalue weighted by molar-refractivity contribution is 6.30. The van der Waals surface area contributed by atoms with Crippen molar-refractivity contribution >= 4 is 11.6 Å². The third kappa shape index (κ3) is 1.87. The van der Waals surface area contributed by atoms with Crippen LogP contribution in [-0.4, -0.2) is 16.1 Å². The van der Waals surface area contributed by atoms with Gasteiger partial charge in [-0.3, -0.25) is 0 Å². The van der Waals surface area contributed by atoms with E-state index in [2.05, 4.69) is 16.5 Å².